The number of ether oxygens (including phenoxy) is 3. The number of carbonyl (C=O) groups excluding carboxylic acids is 1. The van der Waals surface area contributed by atoms with E-state index < -0.39 is 0 Å². The minimum absolute atomic E-state index is 0.00192. The van der Waals surface area contributed by atoms with E-state index in [9.17, 15) is 4.79 Å². The third-order valence-corrected chi connectivity index (χ3v) is 4.53. The predicted molar refractivity (Wildman–Crippen MR) is 81.9 cm³/mol. The lowest BCUT2D eigenvalue weighted by Crippen LogP contribution is -2.56. The number of rotatable bonds is 4. The van der Waals surface area contributed by atoms with Crippen molar-refractivity contribution in [1.82, 2.24) is 4.90 Å². The van der Waals surface area contributed by atoms with Crippen molar-refractivity contribution in [2.24, 2.45) is 0 Å². The fourth-order valence-corrected chi connectivity index (χ4v) is 3.31. The maximum absolute atomic E-state index is 12.5. The number of hydrogen-bond donors (Lipinski definition) is 0. The molecule has 0 N–H and O–H groups in total. The van der Waals surface area contributed by atoms with Gasteiger partial charge >= 0.3 is 0 Å². The summed E-state index contributed by atoms with van der Waals surface area (Å²) in [6.07, 6.45) is 1.78. The van der Waals surface area contributed by atoms with Gasteiger partial charge in [0.25, 0.3) is 5.91 Å². The normalized spacial score (nSPS) is 27.5. The molecule has 0 spiro atoms. The summed E-state index contributed by atoms with van der Waals surface area (Å²) in [5.74, 6) is 0.751. The molecule has 2 heterocycles. The molecule has 0 aromatic heterocycles. The molecule has 2 aliphatic heterocycles. The van der Waals surface area contributed by atoms with Crippen LogP contribution in [0.25, 0.3) is 0 Å². The smallest absolute Gasteiger partial charge is 0.260 e. The Labute approximate surface area is 131 Å². The third-order valence-electron chi connectivity index (χ3n) is 4.53. The van der Waals surface area contributed by atoms with E-state index in [4.69, 9.17) is 14.2 Å². The van der Waals surface area contributed by atoms with E-state index in [1.807, 2.05) is 36.1 Å². The van der Waals surface area contributed by atoms with Crippen molar-refractivity contribution in [3.8, 4) is 5.75 Å². The Morgan fingerprint density at radius 1 is 1.32 bits per heavy atom. The Balaban J connectivity index is 1.59. The van der Waals surface area contributed by atoms with Crippen LogP contribution in [0.3, 0.4) is 0 Å². The van der Waals surface area contributed by atoms with Gasteiger partial charge in [-0.25, -0.2) is 0 Å². The lowest BCUT2D eigenvalue weighted by molar-refractivity contribution is -0.145. The van der Waals surface area contributed by atoms with Gasteiger partial charge < -0.3 is 19.1 Å². The van der Waals surface area contributed by atoms with Crippen molar-refractivity contribution < 1.29 is 19.0 Å². The zero-order valence-electron chi connectivity index (χ0n) is 13.2. The first-order valence-electron chi connectivity index (χ1n) is 7.82. The Morgan fingerprint density at radius 3 is 2.82 bits per heavy atom. The van der Waals surface area contributed by atoms with Crippen LogP contribution in [-0.4, -0.2) is 55.9 Å². The molecule has 0 bridgehead atoms. The van der Waals surface area contributed by atoms with Gasteiger partial charge in [0.05, 0.1) is 12.1 Å². The van der Waals surface area contributed by atoms with Gasteiger partial charge in [-0.1, -0.05) is 17.7 Å². The number of aryl methyl sites for hydroxylation is 1. The average Bonchev–Trinajstić information content (AvgIpc) is 3.02. The summed E-state index contributed by atoms with van der Waals surface area (Å²) in [5.41, 5.74) is 1.17. The first-order chi connectivity index (χ1) is 10.7. The molecule has 0 unspecified atom stereocenters. The molecule has 1 aromatic rings. The van der Waals surface area contributed by atoms with Gasteiger partial charge in [-0.2, -0.15) is 0 Å². The van der Waals surface area contributed by atoms with Crippen molar-refractivity contribution in [2.75, 3.05) is 26.9 Å². The molecular weight excluding hydrogens is 282 g/mol. The molecule has 5 heteroatoms. The molecule has 2 fully saturated rings. The van der Waals surface area contributed by atoms with Crippen LogP contribution in [0.5, 0.6) is 5.75 Å². The summed E-state index contributed by atoms with van der Waals surface area (Å²) in [6, 6.07) is 7.85. The molecular formula is C17H23NO4. The second-order valence-electron chi connectivity index (χ2n) is 5.94. The zero-order chi connectivity index (χ0) is 15.5. The molecule has 3 rings (SSSR count). The number of benzene rings is 1. The monoisotopic (exact) mass is 305 g/mol. The van der Waals surface area contributed by atoms with Gasteiger partial charge in [0, 0.05) is 20.3 Å². The van der Waals surface area contributed by atoms with Gasteiger partial charge in [0.1, 0.15) is 11.9 Å². The maximum Gasteiger partial charge on any atom is 0.260 e. The molecule has 1 amide bonds. The SMILES string of the molecule is CO[C@H]1CCN(C(=O)COc2ccc(C)cc2)[C@H]2CCO[C@H]12. The quantitative estimate of drug-likeness (QED) is 0.851. The standard InChI is InChI=1S/C17H23NO4/c1-12-3-5-13(6-4-12)22-11-16(19)18-9-7-15(20-2)17-14(18)8-10-21-17/h3-6,14-15,17H,7-11H2,1-2H3/t14-,15-,17-/m0/s1. The van der Waals surface area contributed by atoms with E-state index in [2.05, 4.69) is 0 Å². The number of likely N-dealkylation sites (tertiary alicyclic amines) is 1. The highest BCUT2D eigenvalue weighted by Crippen LogP contribution is 2.30. The van der Waals surface area contributed by atoms with Crippen molar-refractivity contribution in [1.29, 1.82) is 0 Å². The zero-order valence-corrected chi connectivity index (χ0v) is 13.2. The van der Waals surface area contributed by atoms with Crippen LogP contribution < -0.4 is 4.74 Å². The van der Waals surface area contributed by atoms with Crippen LogP contribution >= 0.6 is 0 Å². The van der Waals surface area contributed by atoms with Crippen LogP contribution in [0.2, 0.25) is 0 Å². The van der Waals surface area contributed by atoms with Gasteiger partial charge in [0.15, 0.2) is 6.61 Å². The summed E-state index contributed by atoms with van der Waals surface area (Å²) < 4.78 is 16.9. The number of nitrogens with zero attached hydrogens (tertiary/aromatic N) is 1. The molecule has 22 heavy (non-hydrogen) atoms. The van der Waals surface area contributed by atoms with Gasteiger partial charge in [-0.05, 0) is 31.9 Å². The fourth-order valence-electron chi connectivity index (χ4n) is 3.31. The Kier molecular flexibility index (Phi) is 4.64. The number of amides is 1. The van der Waals surface area contributed by atoms with Crippen LogP contribution in [0.1, 0.15) is 18.4 Å². The minimum atomic E-state index is 0.00192. The first kappa shape index (κ1) is 15.3. The maximum atomic E-state index is 12.5. The third kappa shape index (κ3) is 3.10. The van der Waals surface area contributed by atoms with E-state index in [0.29, 0.717) is 13.2 Å². The van der Waals surface area contributed by atoms with E-state index in [0.717, 1.165) is 18.6 Å². The number of carbonyl (C=O) groups is 1. The van der Waals surface area contributed by atoms with Crippen molar-refractivity contribution >= 4 is 5.91 Å². The summed E-state index contributed by atoms with van der Waals surface area (Å²) in [6.45, 7) is 3.50. The highest BCUT2D eigenvalue weighted by Gasteiger charge is 2.44. The Morgan fingerprint density at radius 2 is 2.09 bits per heavy atom. The lowest BCUT2D eigenvalue weighted by atomic mass is 9.95. The van der Waals surface area contributed by atoms with Gasteiger partial charge in [0.2, 0.25) is 0 Å². The minimum Gasteiger partial charge on any atom is -0.484 e. The number of hydrogen-bond acceptors (Lipinski definition) is 4. The topological polar surface area (TPSA) is 48.0 Å². The molecule has 2 saturated heterocycles. The van der Waals surface area contributed by atoms with E-state index >= 15 is 0 Å². The predicted octanol–water partition coefficient (Wildman–Crippen LogP) is 1.78. The highest BCUT2D eigenvalue weighted by atomic mass is 16.5. The second kappa shape index (κ2) is 6.67. The molecule has 0 aliphatic carbocycles. The Bertz CT molecular complexity index is 516. The van der Waals surface area contributed by atoms with Crippen LogP contribution in [0.15, 0.2) is 24.3 Å². The largest absolute Gasteiger partial charge is 0.484 e. The van der Waals surface area contributed by atoms with Crippen LogP contribution in [0.4, 0.5) is 0 Å². The molecule has 120 valence electrons. The van der Waals surface area contributed by atoms with E-state index in [1.165, 1.54) is 5.56 Å². The summed E-state index contributed by atoms with van der Waals surface area (Å²) in [4.78, 5) is 14.4. The number of fused-ring (bicyclic) bond motifs is 1. The Hall–Kier alpha value is -1.59. The number of methoxy groups -OCH3 is 1. The summed E-state index contributed by atoms with van der Waals surface area (Å²) in [7, 11) is 1.71. The molecule has 3 atom stereocenters. The van der Waals surface area contributed by atoms with Gasteiger partial charge in [-0.3, -0.25) is 4.79 Å². The van der Waals surface area contributed by atoms with Crippen molar-refractivity contribution in [2.45, 2.75) is 38.0 Å². The van der Waals surface area contributed by atoms with Crippen LogP contribution in [0, 0.1) is 6.92 Å². The first-order valence-corrected chi connectivity index (χ1v) is 7.82. The molecule has 0 radical (unpaired) electrons. The lowest BCUT2D eigenvalue weighted by Gasteiger charge is -2.40. The molecule has 2 aliphatic rings. The molecule has 0 saturated carbocycles. The van der Waals surface area contributed by atoms with E-state index in [1.54, 1.807) is 7.11 Å². The van der Waals surface area contributed by atoms with E-state index in [-0.39, 0.29) is 30.8 Å². The van der Waals surface area contributed by atoms with Crippen molar-refractivity contribution in [3.05, 3.63) is 29.8 Å². The number of piperidine rings is 1. The second-order valence-corrected chi connectivity index (χ2v) is 5.94. The van der Waals surface area contributed by atoms with Crippen molar-refractivity contribution in [3.63, 3.8) is 0 Å². The van der Waals surface area contributed by atoms with Crippen LogP contribution in [-0.2, 0) is 14.3 Å². The fraction of sp³-hybridized carbons (Fsp3) is 0.588. The summed E-state index contributed by atoms with van der Waals surface area (Å²) >= 11 is 0. The highest BCUT2D eigenvalue weighted by molar-refractivity contribution is 5.78. The molecule has 1 aromatic carbocycles. The summed E-state index contributed by atoms with van der Waals surface area (Å²) in [5, 5.41) is 0. The van der Waals surface area contributed by atoms with Gasteiger partial charge in [-0.15, -0.1) is 0 Å². The molecule has 5 nitrogen and oxygen atoms in total. The average molecular weight is 305 g/mol.